The maximum absolute atomic E-state index is 12.1. The number of rotatable bonds is 5. The van der Waals surface area contributed by atoms with Crippen LogP contribution >= 0.6 is 0 Å². The Morgan fingerprint density at radius 3 is 2.87 bits per heavy atom. The summed E-state index contributed by atoms with van der Waals surface area (Å²) in [5, 5.41) is 13.1. The van der Waals surface area contributed by atoms with Gasteiger partial charge < -0.3 is 20.0 Å². The van der Waals surface area contributed by atoms with Gasteiger partial charge in [0.05, 0.1) is 6.61 Å². The molecule has 3 N–H and O–H groups in total. The number of carbonyl (C=O) groups excluding carboxylic acids is 1. The van der Waals surface area contributed by atoms with E-state index < -0.39 is 0 Å². The van der Waals surface area contributed by atoms with Crippen LogP contribution in [-0.2, 0) is 18.4 Å². The number of aliphatic hydroxyl groups excluding tert-OH is 1. The molecule has 3 aromatic heterocycles. The fraction of sp³-hybridized carbons (Fsp3) is 0.0870. The molecular formula is C23H20N4O3. The third-order valence-corrected chi connectivity index (χ3v) is 4.92. The molecule has 7 nitrogen and oxygen atoms in total. The first-order valence-corrected chi connectivity index (χ1v) is 9.32. The van der Waals surface area contributed by atoms with E-state index in [9.17, 15) is 14.7 Å². The molecule has 1 aromatic carbocycles. The number of hydrogen-bond acceptors (Lipinski definition) is 4. The molecule has 3 heterocycles. The highest BCUT2D eigenvalue weighted by Gasteiger charge is 2.12. The first-order valence-electron chi connectivity index (χ1n) is 9.32. The molecule has 0 bridgehead atoms. The van der Waals surface area contributed by atoms with Gasteiger partial charge in [-0.1, -0.05) is 18.7 Å². The molecule has 0 atom stereocenters. The number of fused-ring (bicyclic) bond motifs is 1. The van der Waals surface area contributed by atoms with E-state index in [1.165, 1.54) is 10.6 Å². The van der Waals surface area contributed by atoms with Gasteiger partial charge in [-0.05, 0) is 35.9 Å². The minimum Gasteiger partial charge on any atom is -0.391 e. The van der Waals surface area contributed by atoms with Crippen LogP contribution in [0.5, 0.6) is 0 Å². The standard InChI is InChI=1S/C23H20N4O3/c1-3-21(29)26-18-6-4-5-14(8-18)15-9-19-20(11-25-22(19)24-10-15)16-7-17(13-28)23(30)27(2)12-16/h3-12,28H,1,13H2,2H3,(H,24,25)(H,26,29). The third kappa shape index (κ3) is 3.54. The highest BCUT2D eigenvalue weighted by Crippen LogP contribution is 2.31. The zero-order valence-corrected chi connectivity index (χ0v) is 16.3. The van der Waals surface area contributed by atoms with Gasteiger partial charge >= 0.3 is 0 Å². The number of aryl methyl sites for hydroxylation is 1. The second-order valence-corrected chi connectivity index (χ2v) is 6.92. The normalized spacial score (nSPS) is 10.9. The monoisotopic (exact) mass is 400 g/mol. The Bertz CT molecular complexity index is 1330. The van der Waals surface area contributed by atoms with E-state index in [1.807, 2.05) is 30.5 Å². The van der Waals surface area contributed by atoms with Crippen molar-refractivity contribution < 1.29 is 9.90 Å². The molecular weight excluding hydrogens is 380 g/mol. The van der Waals surface area contributed by atoms with Crippen molar-refractivity contribution in [1.29, 1.82) is 0 Å². The summed E-state index contributed by atoms with van der Waals surface area (Å²) in [5.41, 5.74) is 4.94. The number of aromatic nitrogens is 3. The summed E-state index contributed by atoms with van der Waals surface area (Å²) >= 11 is 0. The Labute approximate surface area is 172 Å². The number of anilines is 1. The molecule has 1 amide bonds. The Balaban J connectivity index is 1.81. The fourth-order valence-corrected chi connectivity index (χ4v) is 3.41. The van der Waals surface area contributed by atoms with Crippen molar-refractivity contribution in [2.45, 2.75) is 6.61 Å². The van der Waals surface area contributed by atoms with E-state index in [1.54, 1.807) is 31.6 Å². The molecule has 0 radical (unpaired) electrons. The first-order chi connectivity index (χ1) is 14.5. The van der Waals surface area contributed by atoms with Crippen LogP contribution in [0.4, 0.5) is 5.69 Å². The second kappa shape index (κ2) is 7.81. The molecule has 0 aliphatic heterocycles. The van der Waals surface area contributed by atoms with E-state index in [2.05, 4.69) is 21.9 Å². The van der Waals surface area contributed by atoms with E-state index in [4.69, 9.17) is 0 Å². The molecule has 0 fully saturated rings. The number of H-pyrrole nitrogens is 1. The van der Waals surface area contributed by atoms with Gasteiger partial charge in [-0.2, -0.15) is 0 Å². The van der Waals surface area contributed by atoms with Gasteiger partial charge in [0.25, 0.3) is 5.56 Å². The zero-order valence-electron chi connectivity index (χ0n) is 16.3. The zero-order chi connectivity index (χ0) is 21.3. The van der Waals surface area contributed by atoms with Gasteiger partial charge in [0.2, 0.25) is 5.91 Å². The summed E-state index contributed by atoms with van der Waals surface area (Å²) < 4.78 is 1.46. The van der Waals surface area contributed by atoms with E-state index >= 15 is 0 Å². The topological polar surface area (TPSA) is 100 Å². The minimum atomic E-state index is -0.324. The third-order valence-electron chi connectivity index (χ3n) is 4.92. The lowest BCUT2D eigenvalue weighted by Crippen LogP contribution is -2.20. The smallest absolute Gasteiger partial charge is 0.255 e. The van der Waals surface area contributed by atoms with Crippen molar-refractivity contribution in [3.63, 3.8) is 0 Å². The predicted molar refractivity (Wildman–Crippen MR) is 117 cm³/mol. The van der Waals surface area contributed by atoms with Gasteiger partial charge in [0.15, 0.2) is 0 Å². The van der Waals surface area contributed by atoms with Crippen molar-refractivity contribution >= 4 is 22.6 Å². The van der Waals surface area contributed by atoms with Crippen molar-refractivity contribution in [2.75, 3.05) is 5.32 Å². The SMILES string of the molecule is C=CC(=O)Nc1cccc(-c2cnc3[nH]cc(-c4cc(CO)c(=O)n(C)c4)c3c2)c1. The van der Waals surface area contributed by atoms with Crippen molar-refractivity contribution in [3.8, 4) is 22.3 Å². The van der Waals surface area contributed by atoms with E-state index in [0.29, 0.717) is 16.9 Å². The summed E-state index contributed by atoms with van der Waals surface area (Å²) in [4.78, 5) is 31.4. The first kappa shape index (κ1) is 19.4. The number of hydrogen-bond donors (Lipinski definition) is 3. The van der Waals surface area contributed by atoms with E-state index in [-0.39, 0.29) is 18.1 Å². The van der Waals surface area contributed by atoms with E-state index in [0.717, 1.165) is 27.6 Å². The van der Waals surface area contributed by atoms with Crippen LogP contribution in [0.3, 0.4) is 0 Å². The molecule has 0 aliphatic carbocycles. The lowest BCUT2D eigenvalue weighted by Gasteiger charge is -2.08. The molecule has 0 spiro atoms. The number of pyridine rings is 2. The molecule has 0 saturated heterocycles. The Hall–Kier alpha value is -3.97. The van der Waals surface area contributed by atoms with Crippen molar-refractivity contribution in [2.24, 2.45) is 7.05 Å². The van der Waals surface area contributed by atoms with Crippen LogP contribution in [0.1, 0.15) is 5.56 Å². The number of nitrogens with zero attached hydrogens (tertiary/aromatic N) is 2. The summed E-state index contributed by atoms with van der Waals surface area (Å²) in [5.74, 6) is -0.275. The number of aliphatic hydroxyl groups is 1. The van der Waals surface area contributed by atoms with Gasteiger partial charge in [0.1, 0.15) is 5.65 Å². The lowest BCUT2D eigenvalue weighted by atomic mass is 10.0. The van der Waals surface area contributed by atoms with Crippen molar-refractivity contribution in [3.05, 3.63) is 83.6 Å². The lowest BCUT2D eigenvalue weighted by molar-refractivity contribution is -0.111. The van der Waals surface area contributed by atoms with Crippen LogP contribution in [0.25, 0.3) is 33.3 Å². The average molecular weight is 400 g/mol. The average Bonchev–Trinajstić information content (AvgIpc) is 3.19. The largest absolute Gasteiger partial charge is 0.391 e. The summed E-state index contributed by atoms with van der Waals surface area (Å²) in [7, 11) is 1.66. The molecule has 30 heavy (non-hydrogen) atoms. The molecule has 7 heteroatoms. The maximum atomic E-state index is 12.1. The summed E-state index contributed by atoms with van der Waals surface area (Å²) in [6, 6.07) is 11.2. The minimum absolute atomic E-state index is 0.224. The summed E-state index contributed by atoms with van der Waals surface area (Å²) in [6.45, 7) is 3.14. The Kier molecular flexibility index (Phi) is 5.04. The molecule has 0 aliphatic rings. The second-order valence-electron chi connectivity index (χ2n) is 6.92. The molecule has 0 unspecified atom stereocenters. The number of carbonyl (C=O) groups is 1. The Morgan fingerprint density at radius 2 is 2.10 bits per heavy atom. The number of benzene rings is 1. The quantitative estimate of drug-likeness (QED) is 0.448. The number of aromatic amines is 1. The fourth-order valence-electron chi connectivity index (χ4n) is 3.41. The molecule has 150 valence electrons. The predicted octanol–water partition coefficient (Wildman–Crippen LogP) is 3.21. The van der Waals surface area contributed by atoms with Crippen LogP contribution in [0, 0.1) is 0 Å². The highest BCUT2D eigenvalue weighted by molar-refractivity contribution is 5.99. The number of amides is 1. The van der Waals surface area contributed by atoms with Gasteiger partial charge in [-0.25, -0.2) is 4.98 Å². The van der Waals surface area contributed by atoms with Crippen LogP contribution in [0.15, 0.2) is 72.4 Å². The van der Waals surface area contributed by atoms with Gasteiger partial charge in [-0.15, -0.1) is 0 Å². The highest BCUT2D eigenvalue weighted by atomic mass is 16.3. The van der Waals surface area contributed by atoms with Crippen molar-refractivity contribution in [1.82, 2.24) is 14.5 Å². The van der Waals surface area contributed by atoms with Crippen LogP contribution < -0.4 is 10.9 Å². The van der Waals surface area contributed by atoms with Crippen LogP contribution in [-0.4, -0.2) is 25.5 Å². The maximum Gasteiger partial charge on any atom is 0.255 e. The van der Waals surface area contributed by atoms with Gasteiger partial charge in [0, 0.05) is 59.0 Å². The van der Waals surface area contributed by atoms with Crippen LogP contribution in [0.2, 0.25) is 0 Å². The van der Waals surface area contributed by atoms with Gasteiger partial charge in [-0.3, -0.25) is 9.59 Å². The molecule has 4 aromatic rings. The summed E-state index contributed by atoms with van der Waals surface area (Å²) in [6.07, 6.45) is 6.56. The molecule has 0 saturated carbocycles. The number of nitrogens with one attached hydrogen (secondary N) is 2. The molecule has 4 rings (SSSR count). The Morgan fingerprint density at radius 1 is 1.27 bits per heavy atom.